The summed E-state index contributed by atoms with van der Waals surface area (Å²) in [6.45, 7) is -0.260. The molecule has 1 aromatic carbocycles. The van der Waals surface area contributed by atoms with Gasteiger partial charge in [0.1, 0.15) is 6.04 Å². The van der Waals surface area contributed by atoms with Gasteiger partial charge in [0.2, 0.25) is 11.8 Å². The first-order chi connectivity index (χ1) is 11.6. The van der Waals surface area contributed by atoms with Gasteiger partial charge in [0.05, 0.1) is 16.7 Å². The van der Waals surface area contributed by atoms with Gasteiger partial charge in [-0.3, -0.25) is 19.7 Å². The molecule has 0 bridgehead atoms. The van der Waals surface area contributed by atoms with Crippen LogP contribution in [0.2, 0.25) is 0 Å². The highest BCUT2D eigenvalue weighted by Crippen LogP contribution is 2.40. The number of hydrogen-bond acceptors (Lipinski definition) is 4. The molecule has 3 rings (SSSR count). The second-order valence-corrected chi connectivity index (χ2v) is 5.73. The summed E-state index contributed by atoms with van der Waals surface area (Å²) < 4.78 is 40.1. The Morgan fingerprint density at radius 2 is 1.92 bits per heavy atom. The molecule has 0 aliphatic carbocycles. The molecular weight excluding hydrogens is 345 g/mol. The zero-order valence-electron chi connectivity index (χ0n) is 12.5. The minimum atomic E-state index is -5.05. The van der Waals surface area contributed by atoms with Crippen LogP contribution in [0.15, 0.2) is 12.1 Å². The number of nitrogens with one attached hydrogen (secondary N) is 1. The minimum absolute atomic E-state index is 0.00245. The standard InChI is InChI=1S/C15H11F3N2O5/c16-15(17,18)11-7(14(24)25)2-1-6-5-20(13(23)10(6)11)8-3-4-9(21)19-12(8)22/h1-2,8H,3-5H2,(H,24,25)(H,19,21,22). The van der Waals surface area contributed by atoms with E-state index in [2.05, 4.69) is 0 Å². The molecular formula is C15H11F3N2O5. The minimum Gasteiger partial charge on any atom is -0.478 e. The molecule has 25 heavy (non-hydrogen) atoms. The predicted octanol–water partition coefficient (Wildman–Crippen LogP) is 1.16. The Morgan fingerprint density at radius 3 is 2.48 bits per heavy atom. The van der Waals surface area contributed by atoms with E-state index in [-0.39, 0.29) is 24.9 Å². The third-order valence-electron chi connectivity index (χ3n) is 4.21. The maximum absolute atomic E-state index is 13.4. The van der Waals surface area contributed by atoms with Gasteiger partial charge in [-0.2, -0.15) is 13.2 Å². The Kier molecular flexibility index (Phi) is 3.77. The third kappa shape index (κ3) is 2.73. The number of aromatic carboxylic acids is 1. The Bertz CT molecular complexity index is 818. The van der Waals surface area contributed by atoms with E-state index in [1.165, 1.54) is 0 Å². The number of imide groups is 1. The fraction of sp³-hybridized carbons (Fsp3) is 0.333. The van der Waals surface area contributed by atoms with Crippen molar-refractivity contribution in [2.75, 3.05) is 0 Å². The van der Waals surface area contributed by atoms with Crippen LogP contribution < -0.4 is 5.32 Å². The van der Waals surface area contributed by atoms with Gasteiger partial charge in [-0.1, -0.05) is 6.07 Å². The second-order valence-electron chi connectivity index (χ2n) is 5.73. The quantitative estimate of drug-likeness (QED) is 0.774. The molecule has 10 heteroatoms. The van der Waals surface area contributed by atoms with Crippen molar-refractivity contribution >= 4 is 23.7 Å². The van der Waals surface area contributed by atoms with Crippen LogP contribution in [0.3, 0.4) is 0 Å². The Hall–Kier alpha value is -2.91. The number of rotatable bonds is 2. The number of amides is 3. The number of carboxylic acid groups (broad SMARTS) is 1. The number of nitrogens with zero attached hydrogens (tertiary/aromatic N) is 1. The van der Waals surface area contributed by atoms with Gasteiger partial charge < -0.3 is 10.0 Å². The summed E-state index contributed by atoms with van der Waals surface area (Å²) in [6, 6.07) is 0.857. The molecule has 1 atom stereocenters. The molecule has 1 fully saturated rings. The number of alkyl halides is 3. The lowest BCUT2D eigenvalue weighted by molar-refractivity contribution is -0.138. The molecule has 2 aliphatic heterocycles. The van der Waals surface area contributed by atoms with Crippen LogP contribution in [0.1, 0.15) is 44.7 Å². The molecule has 7 nitrogen and oxygen atoms in total. The first-order valence-electron chi connectivity index (χ1n) is 7.22. The number of benzene rings is 1. The molecule has 0 aromatic heterocycles. The number of hydrogen-bond donors (Lipinski definition) is 2. The summed E-state index contributed by atoms with van der Waals surface area (Å²) in [5.74, 6) is -4.15. The van der Waals surface area contributed by atoms with Crippen LogP contribution >= 0.6 is 0 Å². The van der Waals surface area contributed by atoms with Crippen LogP contribution in [0.5, 0.6) is 0 Å². The average Bonchev–Trinajstić information content (AvgIpc) is 2.82. The van der Waals surface area contributed by atoms with E-state index in [0.717, 1.165) is 17.0 Å². The van der Waals surface area contributed by atoms with E-state index in [9.17, 15) is 32.3 Å². The average molecular weight is 356 g/mol. The Labute approximate surface area is 138 Å². The van der Waals surface area contributed by atoms with Crippen molar-refractivity contribution in [2.45, 2.75) is 31.6 Å². The van der Waals surface area contributed by atoms with Crippen LogP contribution in [-0.4, -0.2) is 39.7 Å². The lowest BCUT2D eigenvalue weighted by Crippen LogP contribution is -2.52. The Balaban J connectivity index is 2.06. The Morgan fingerprint density at radius 1 is 1.24 bits per heavy atom. The molecule has 1 saturated heterocycles. The fourth-order valence-corrected chi connectivity index (χ4v) is 3.12. The van der Waals surface area contributed by atoms with Crippen LogP contribution in [0.25, 0.3) is 0 Å². The first kappa shape index (κ1) is 16.9. The van der Waals surface area contributed by atoms with E-state index >= 15 is 0 Å². The molecule has 3 amide bonds. The molecule has 132 valence electrons. The van der Waals surface area contributed by atoms with Gasteiger partial charge in [0.15, 0.2) is 0 Å². The zero-order chi connectivity index (χ0) is 18.5. The van der Waals surface area contributed by atoms with Crippen LogP contribution in [0, 0.1) is 0 Å². The van der Waals surface area contributed by atoms with Crippen LogP contribution in [0.4, 0.5) is 13.2 Å². The summed E-state index contributed by atoms with van der Waals surface area (Å²) in [4.78, 5) is 47.7. The van der Waals surface area contributed by atoms with Crippen molar-refractivity contribution in [3.05, 3.63) is 34.4 Å². The van der Waals surface area contributed by atoms with Gasteiger partial charge >= 0.3 is 12.1 Å². The number of carbonyl (C=O) groups is 4. The number of piperidine rings is 1. The van der Waals surface area contributed by atoms with Gasteiger partial charge in [0, 0.05) is 13.0 Å². The van der Waals surface area contributed by atoms with E-state index in [1.54, 1.807) is 0 Å². The van der Waals surface area contributed by atoms with Crippen molar-refractivity contribution in [3.8, 4) is 0 Å². The van der Waals surface area contributed by atoms with E-state index in [4.69, 9.17) is 5.11 Å². The van der Waals surface area contributed by atoms with Gasteiger partial charge in [-0.25, -0.2) is 4.79 Å². The molecule has 0 spiro atoms. The fourth-order valence-electron chi connectivity index (χ4n) is 3.12. The van der Waals surface area contributed by atoms with Gasteiger partial charge in [-0.15, -0.1) is 0 Å². The van der Waals surface area contributed by atoms with Crippen molar-refractivity contribution in [2.24, 2.45) is 0 Å². The van der Waals surface area contributed by atoms with Crippen molar-refractivity contribution in [3.63, 3.8) is 0 Å². The highest BCUT2D eigenvalue weighted by molar-refractivity contribution is 6.07. The van der Waals surface area contributed by atoms with E-state index < -0.39 is 52.6 Å². The monoisotopic (exact) mass is 356 g/mol. The summed E-state index contributed by atoms with van der Waals surface area (Å²) in [5.41, 5.74) is -3.30. The molecule has 1 unspecified atom stereocenters. The maximum Gasteiger partial charge on any atom is 0.418 e. The number of halogens is 3. The summed E-state index contributed by atoms with van der Waals surface area (Å²) in [5, 5.41) is 11.0. The topological polar surface area (TPSA) is 104 Å². The highest BCUT2D eigenvalue weighted by Gasteiger charge is 2.46. The maximum atomic E-state index is 13.4. The number of fused-ring (bicyclic) bond motifs is 1. The number of carbonyl (C=O) groups excluding carboxylic acids is 3. The summed E-state index contributed by atoms with van der Waals surface area (Å²) in [6.07, 6.45) is -5.09. The van der Waals surface area contributed by atoms with E-state index in [0.29, 0.717) is 0 Å². The van der Waals surface area contributed by atoms with Crippen molar-refractivity contribution in [1.82, 2.24) is 10.2 Å². The lowest BCUT2D eigenvalue weighted by atomic mass is 9.97. The van der Waals surface area contributed by atoms with Crippen LogP contribution in [-0.2, 0) is 22.3 Å². The molecule has 2 heterocycles. The summed E-state index contributed by atoms with van der Waals surface area (Å²) >= 11 is 0. The smallest absolute Gasteiger partial charge is 0.418 e. The largest absolute Gasteiger partial charge is 0.478 e. The highest BCUT2D eigenvalue weighted by atomic mass is 19.4. The molecule has 2 N–H and O–H groups in total. The first-order valence-corrected chi connectivity index (χ1v) is 7.22. The zero-order valence-corrected chi connectivity index (χ0v) is 12.5. The normalized spacial score (nSPS) is 20.5. The predicted molar refractivity (Wildman–Crippen MR) is 74.4 cm³/mol. The van der Waals surface area contributed by atoms with Gasteiger partial charge in [0.25, 0.3) is 5.91 Å². The molecule has 2 aliphatic rings. The summed E-state index contributed by atoms with van der Waals surface area (Å²) in [7, 11) is 0. The number of carboxylic acids is 1. The lowest BCUT2D eigenvalue weighted by Gasteiger charge is -2.29. The SMILES string of the molecule is O=C1CCC(N2Cc3ccc(C(=O)O)c(C(F)(F)F)c3C2=O)C(=O)N1. The molecule has 0 radical (unpaired) electrons. The molecule has 0 saturated carbocycles. The van der Waals surface area contributed by atoms with E-state index in [1.807, 2.05) is 5.32 Å². The second kappa shape index (κ2) is 5.57. The van der Waals surface area contributed by atoms with Crippen molar-refractivity contribution < 1.29 is 37.5 Å². The third-order valence-corrected chi connectivity index (χ3v) is 4.21. The molecule has 1 aromatic rings. The van der Waals surface area contributed by atoms with Gasteiger partial charge in [-0.05, 0) is 18.1 Å². The van der Waals surface area contributed by atoms with Crippen molar-refractivity contribution in [1.29, 1.82) is 0 Å².